The topological polar surface area (TPSA) is 15.3 Å². The molecule has 0 heterocycles. The van der Waals surface area contributed by atoms with Crippen molar-refractivity contribution in [1.82, 2.24) is 10.2 Å². The van der Waals surface area contributed by atoms with Gasteiger partial charge in [0.2, 0.25) is 0 Å². The van der Waals surface area contributed by atoms with Crippen LogP contribution in [0.4, 0.5) is 0 Å². The average molecular weight is 258 g/mol. The van der Waals surface area contributed by atoms with Gasteiger partial charge in [-0.25, -0.2) is 0 Å². The summed E-state index contributed by atoms with van der Waals surface area (Å²) in [4.78, 5) is 2.55. The summed E-state index contributed by atoms with van der Waals surface area (Å²) >= 11 is 0. The number of rotatable bonds is 7. The van der Waals surface area contributed by atoms with Gasteiger partial charge in [-0.3, -0.25) is 4.90 Å². The Bertz CT molecular complexity index is 399. The average Bonchev–Trinajstić information content (AvgIpc) is 3.32. The van der Waals surface area contributed by atoms with E-state index in [2.05, 4.69) is 54.5 Å². The molecule has 104 valence electrons. The van der Waals surface area contributed by atoms with Crippen molar-refractivity contribution in [1.29, 1.82) is 0 Å². The third-order valence-corrected chi connectivity index (χ3v) is 4.69. The van der Waals surface area contributed by atoms with Crippen LogP contribution in [0.1, 0.15) is 37.8 Å². The monoisotopic (exact) mass is 258 g/mol. The minimum atomic E-state index is 0.523. The third-order valence-electron chi connectivity index (χ3n) is 4.69. The van der Waals surface area contributed by atoms with Gasteiger partial charge < -0.3 is 5.32 Å². The van der Waals surface area contributed by atoms with Gasteiger partial charge in [0.05, 0.1) is 0 Å². The number of hydrogen-bond acceptors (Lipinski definition) is 2. The van der Waals surface area contributed by atoms with E-state index in [1.807, 2.05) is 0 Å². The van der Waals surface area contributed by atoms with Crippen molar-refractivity contribution in [3.05, 3.63) is 35.9 Å². The molecule has 3 atom stereocenters. The zero-order valence-electron chi connectivity index (χ0n) is 12.2. The van der Waals surface area contributed by atoms with Crippen molar-refractivity contribution in [3.63, 3.8) is 0 Å². The van der Waals surface area contributed by atoms with Gasteiger partial charge in [-0.1, -0.05) is 37.3 Å². The second-order valence-electron chi connectivity index (χ2n) is 6.52. The molecule has 0 spiro atoms. The van der Waals surface area contributed by atoms with Crippen LogP contribution in [-0.2, 0) is 0 Å². The highest BCUT2D eigenvalue weighted by molar-refractivity contribution is 5.19. The molecule has 3 unspecified atom stereocenters. The predicted octanol–water partition coefficient (Wildman–Crippen LogP) is 3.07. The molecule has 0 bridgehead atoms. The van der Waals surface area contributed by atoms with E-state index in [1.54, 1.807) is 0 Å². The van der Waals surface area contributed by atoms with Gasteiger partial charge in [-0.15, -0.1) is 0 Å². The molecule has 2 saturated carbocycles. The first-order valence-corrected chi connectivity index (χ1v) is 7.72. The third kappa shape index (κ3) is 3.58. The standard InChI is InChI=1S/C17H26N2/c1-13-10-15(13)12-19(2)17(11-18-16-8-9-16)14-6-4-3-5-7-14/h3-7,13,15-18H,8-12H2,1-2H3. The first-order chi connectivity index (χ1) is 9.24. The summed E-state index contributed by atoms with van der Waals surface area (Å²) in [7, 11) is 2.29. The van der Waals surface area contributed by atoms with E-state index in [0.717, 1.165) is 24.4 Å². The maximum atomic E-state index is 3.70. The number of nitrogens with one attached hydrogen (secondary N) is 1. The SMILES string of the molecule is CC1CC1CN(C)C(CNC1CC1)c1ccccc1. The van der Waals surface area contributed by atoms with E-state index in [4.69, 9.17) is 0 Å². The van der Waals surface area contributed by atoms with E-state index >= 15 is 0 Å². The molecule has 2 nitrogen and oxygen atoms in total. The lowest BCUT2D eigenvalue weighted by Crippen LogP contribution is -2.35. The summed E-state index contributed by atoms with van der Waals surface area (Å²) in [5.41, 5.74) is 1.45. The van der Waals surface area contributed by atoms with E-state index in [1.165, 1.54) is 31.4 Å². The lowest BCUT2D eigenvalue weighted by molar-refractivity contribution is 0.225. The fourth-order valence-electron chi connectivity index (χ4n) is 2.92. The van der Waals surface area contributed by atoms with Crippen molar-refractivity contribution < 1.29 is 0 Å². The quantitative estimate of drug-likeness (QED) is 0.808. The van der Waals surface area contributed by atoms with Crippen molar-refractivity contribution in [2.45, 2.75) is 38.3 Å². The van der Waals surface area contributed by atoms with Crippen molar-refractivity contribution in [2.75, 3.05) is 20.1 Å². The highest BCUT2D eigenvalue weighted by Crippen LogP contribution is 2.39. The predicted molar refractivity (Wildman–Crippen MR) is 80.1 cm³/mol. The maximum Gasteiger partial charge on any atom is 0.0469 e. The number of benzene rings is 1. The van der Waals surface area contributed by atoms with Gasteiger partial charge in [0.1, 0.15) is 0 Å². The molecule has 0 amide bonds. The molecule has 2 aliphatic carbocycles. The van der Waals surface area contributed by atoms with Crippen LogP contribution in [-0.4, -0.2) is 31.1 Å². The van der Waals surface area contributed by atoms with Gasteiger partial charge in [0.15, 0.2) is 0 Å². The fraction of sp³-hybridized carbons (Fsp3) is 0.647. The van der Waals surface area contributed by atoms with E-state index in [9.17, 15) is 0 Å². The van der Waals surface area contributed by atoms with Crippen LogP contribution in [0.2, 0.25) is 0 Å². The molecule has 0 radical (unpaired) electrons. The van der Waals surface area contributed by atoms with Crippen LogP contribution < -0.4 is 5.32 Å². The summed E-state index contributed by atoms with van der Waals surface area (Å²) in [6.45, 7) is 4.71. The molecular formula is C17H26N2. The molecule has 0 saturated heterocycles. The molecule has 1 aromatic carbocycles. The second kappa shape index (κ2) is 5.64. The Morgan fingerprint density at radius 3 is 2.53 bits per heavy atom. The van der Waals surface area contributed by atoms with Gasteiger partial charge >= 0.3 is 0 Å². The van der Waals surface area contributed by atoms with E-state index in [-0.39, 0.29) is 0 Å². The normalized spacial score (nSPS) is 27.5. The Morgan fingerprint density at radius 2 is 1.95 bits per heavy atom. The number of nitrogens with zero attached hydrogens (tertiary/aromatic N) is 1. The Morgan fingerprint density at radius 1 is 1.26 bits per heavy atom. The minimum Gasteiger partial charge on any atom is -0.312 e. The van der Waals surface area contributed by atoms with Gasteiger partial charge in [0, 0.05) is 25.2 Å². The Hall–Kier alpha value is -0.860. The molecule has 0 aromatic heterocycles. The largest absolute Gasteiger partial charge is 0.312 e. The van der Waals surface area contributed by atoms with Gasteiger partial charge in [-0.2, -0.15) is 0 Å². The van der Waals surface area contributed by atoms with Crippen LogP contribution in [0.3, 0.4) is 0 Å². The highest BCUT2D eigenvalue weighted by Gasteiger charge is 2.35. The molecule has 19 heavy (non-hydrogen) atoms. The van der Waals surface area contributed by atoms with Crippen LogP contribution in [0.15, 0.2) is 30.3 Å². The zero-order valence-corrected chi connectivity index (χ0v) is 12.2. The highest BCUT2D eigenvalue weighted by atomic mass is 15.2. The molecule has 2 aliphatic rings. The summed E-state index contributed by atoms with van der Waals surface area (Å²) in [6, 6.07) is 12.3. The first-order valence-electron chi connectivity index (χ1n) is 7.72. The molecule has 2 heteroatoms. The molecule has 2 fully saturated rings. The molecule has 0 aliphatic heterocycles. The van der Waals surface area contributed by atoms with E-state index < -0.39 is 0 Å². The summed E-state index contributed by atoms with van der Waals surface area (Å²) < 4.78 is 0. The van der Waals surface area contributed by atoms with Gasteiger partial charge in [-0.05, 0) is 43.7 Å². The van der Waals surface area contributed by atoms with Crippen LogP contribution in [0, 0.1) is 11.8 Å². The van der Waals surface area contributed by atoms with Crippen molar-refractivity contribution in [2.24, 2.45) is 11.8 Å². The van der Waals surface area contributed by atoms with Crippen LogP contribution in [0.5, 0.6) is 0 Å². The Kier molecular flexibility index (Phi) is 3.90. The summed E-state index contributed by atoms with van der Waals surface area (Å²) in [5, 5.41) is 3.70. The lowest BCUT2D eigenvalue weighted by Gasteiger charge is -2.29. The number of hydrogen-bond donors (Lipinski definition) is 1. The minimum absolute atomic E-state index is 0.523. The fourth-order valence-corrected chi connectivity index (χ4v) is 2.92. The molecule has 1 N–H and O–H groups in total. The van der Waals surface area contributed by atoms with Crippen molar-refractivity contribution in [3.8, 4) is 0 Å². The molecular weight excluding hydrogens is 232 g/mol. The maximum absolute atomic E-state index is 3.70. The van der Waals surface area contributed by atoms with Crippen LogP contribution >= 0.6 is 0 Å². The second-order valence-corrected chi connectivity index (χ2v) is 6.52. The summed E-state index contributed by atoms with van der Waals surface area (Å²) in [5.74, 6) is 1.87. The summed E-state index contributed by atoms with van der Waals surface area (Å²) in [6.07, 6.45) is 4.15. The zero-order chi connectivity index (χ0) is 13.2. The molecule has 3 rings (SSSR count). The van der Waals surface area contributed by atoms with E-state index in [0.29, 0.717) is 6.04 Å². The Labute approximate surface area is 117 Å². The Balaban J connectivity index is 1.63. The first kappa shape index (κ1) is 13.1. The lowest BCUT2D eigenvalue weighted by atomic mass is 10.1. The van der Waals surface area contributed by atoms with Gasteiger partial charge in [0.25, 0.3) is 0 Å². The molecule has 1 aromatic rings. The smallest absolute Gasteiger partial charge is 0.0469 e. The van der Waals surface area contributed by atoms with Crippen LogP contribution in [0.25, 0.3) is 0 Å². The number of likely N-dealkylation sites (N-methyl/N-ethyl adjacent to an activating group) is 1. The van der Waals surface area contributed by atoms with Crippen molar-refractivity contribution >= 4 is 0 Å².